The van der Waals surface area contributed by atoms with Gasteiger partial charge in [0.05, 0.1) is 17.8 Å². The maximum atomic E-state index is 10.8. The van der Waals surface area contributed by atoms with Gasteiger partial charge in [0.25, 0.3) is 0 Å². The third kappa shape index (κ3) is 3.73. The van der Waals surface area contributed by atoms with Gasteiger partial charge >= 0.3 is 0 Å². The van der Waals surface area contributed by atoms with Crippen molar-refractivity contribution in [1.29, 1.82) is 0 Å². The first kappa shape index (κ1) is 24.7. The van der Waals surface area contributed by atoms with E-state index in [0.717, 1.165) is 30.6 Å². The van der Waals surface area contributed by atoms with Crippen LogP contribution in [-0.4, -0.2) is 33.1 Å². The van der Waals surface area contributed by atoms with Gasteiger partial charge in [0.1, 0.15) is 0 Å². The minimum Gasteiger partial charge on any atom is -0.393 e. The zero-order chi connectivity index (χ0) is 23.7. The van der Waals surface area contributed by atoms with Crippen LogP contribution in [0.3, 0.4) is 0 Å². The molecule has 4 aliphatic rings. The van der Waals surface area contributed by atoms with Crippen LogP contribution < -0.4 is 0 Å². The molecule has 3 heteroatoms. The predicted molar refractivity (Wildman–Crippen MR) is 131 cm³/mol. The third-order valence-corrected chi connectivity index (χ3v) is 11.6. The van der Waals surface area contributed by atoms with Crippen LogP contribution in [0.15, 0.2) is 12.2 Å². The van der Waals surface area contributed by atoms with Crippen molar-refractivity contribution in [3.8, 4) is 0 Å². The normalized spacial score (nSPS) is 46.7. The van der Waals surface area contributed by atoms with E-state index in [9.17, 15) is 15.3 Å². The Morgan fingerprint density at radius 1 is 0.906 bits per heavy atom. The second-order valence-corrected chi connectivity index (χ2v) is 13.9. The molecule has 4 unspecified atom stereocenters. The summed E-state index contributed by atoms with van der Waals surface area (Å²) >= 11 is 0. The number of fused-ring (bicyclic) bond motifs is 5. The molecular weight excluding hydrogens is 396 g/mol. The van der Waals surface area contributed by atoms with E-state index < -0.39 is 11.7 Å². The van der Waals surface area contributed by atoms with Crippen LogP contribution in [0, 0.1) is 45.8 Å². The molecule has 0 spiro atoms. The number of hydrogen-bond donors (Lipinski definition) is 3. The summed E-state index contributed by atoms with van der Waals surface area (Å²) in [5, 5.41) is 31.2. The molecule has 0 aromatic rings. The summed E-state index contributed by atoms with van der Waals surface area (Å²) in [7, 11) is 0. The highest BCUT2D eigenvalue weighted by atomic mass is 16.3. The maximum absolute atomic E-state index is 10.8. The molecule has 0 aromatic carbocycles. The summed E-state index contributed by atoms with van der Waals surface area (Å²) in [6, 6.07) is 0. The van der Waals surface area contributed by atoms with E-state index in [0.29, 0.717) is 29.1 Å². The van der Waals surface area contributed by atoms with Crippen LogP contribution >= 0.6 is 0 Å². The van der Waals surface area contributed by atoms with Gasteiger partial charge in [-0.1, -0.05) is 39.8 Å². The molecule has 4 fully saturated rings. The maximum Gasteiger partial charge on any atom is 0.0849 e. The van der Waals surface area contributed by atoms with Crippen LogP contribution in [0.25, 0.3) is 0 Å². The van der Waals surface area contributed by atoms with Crippen molar-refractivity contribution >= 4 is 0 Å². The van der Waals surface area contributed by atoms with Crippen molar-refractivity contribution < 1.29 is 15.3 Å². The topological polar surface area (TPSA) is 60.7 Å². The molecule has 0 saturated heterocycles. The highest BCUT2D eigenvalue weighted by molar-refractivity contribution is 5.17. The van der Waals surface area contributed by atoms with E-state index >= 15 is 0 Å². The second-order valence-electron chi connectivity index (χ2n) is 13.9. The lowest BCUT2D eigenvalue weighted by Gasteiger charge is -2.65. The first-order valence-corrected chi connectivity index (χ1v) is 13.5. The average Bonchev–Trinajstić information content (AvgIpc) is 3.06. The summed E-state index contributed by atoms with van der Waals surface area (Å²) in [5.41, 5.74) is 1.06. The van der Waals surface area contributed by atoms with Crippen molar-refractivity contribution in [3.63, 3.8) is 0 Å². The monoisotopic (exact) mass is 446 g/mol. The van der Waals surface area contributed by atoms with Crippen LogP contribution in [-0.2, 0) is 0 Å². The number of aliphatic hydroxyl groups excluding tert-OH is 2. The SMILES string of the molecule is C=C(CCC(O)C(C)(C)O)[C@H]1CC[C@@]2(C)C1CC[C@H]1[C@H]2CCC2C(C)(C)C(O)CC[C@@]21C. The van der Waals surface area contributed by atoms with E-state index in [2.05, 4.69) is 34.3 Å². The van der Waals surface area contributed by atoms with E-state index in [4.69, 9.17) is 0 Å². The molecule has 4 saturated carbocycles. The summed E-state index contributed by atoms with van der Waals surface area (Å²) in [5.74, 6) is 3.52. The fourth-order valence-corrected chi connectivity index (χ4v) is 9.56. The molecule has 0 heterocycles. The molecule has 0 bridgehead atoms. The fourth-order valence-electron chi connectivity index (χ4n) is 9.56. The Kier molecular flexibility index (Phi) is 6.25. The van der Waals surface area contributed by atoms with Crippen molar-refractivity contribution in [3.05, 3.63) is 12.2 Å². The molecule has 0 aliphatic heterocycles. The van der Waals surface area contributed by atoms with Gasteiger partial charge in [-0.05, 0) is 124 Å². The Hall–Kier alpha value is -0.380. The smallest absolute Gasteiger partial charge is 0.0849 e. The number of hydrogen-bond acceptors (Lipinski definition) is 3. The van der Waals surface area contributed by atoms with Crippen molar-refractivity contribution in [2.24, 2.45) is 45.8 Å². The minimum atomic E-state index is -1.04. The molecule has 3 N–H and O–H groups in total. The lowest BCUT2D eigenvalue weighted by atomic mass is 9.40. The number of allylic oxidation sites excluding steroid dienone is 1. The lowest BCUT2D eigenvalue weighted by Crippen LogP contribution is -2.59. The Labute approximate surface area is 197 Å². The Morgan fingerprint density at radius 3 is 2.12 bits per heavy atom. The van der Waals surface area contributed by atoms with E-state index in [1.807, 2.05) is 0 Å². The first-order valence-electron chi connectivity index (χ1n) is 13.5. The largest absolute Gasteiger partial charge is 0.393 e. The molecule has 3 nitrogen and oxygen atoms in total. The fraction of sp³-hybridized carbons (Fsp3) is 0.931. The molecule has 184 valence electrons. The molecular formula is C29H50O3. The molecule has 0 radical (unpaired) electrons. The quantitative estimate of drug-likeness (QED) is 0.446. The van der Waals surface area contributed by atoms with Crippen LogP contribution in [0.1, 0.15) is 106 Å². The van der Waals surface area contributed by atoms with Crippen molar-refractivity contribution in [2.75, 3.05) is 0 Å². The second kappa shape index (κ2) is 8.09. The molecule has 9 atom stereocenters. The summed E-state index contributed by atoms with van der Waals surface area (Å²) < 4.78 is 0. The molecule has 0 aromatic heterocycles. The van der Waals surface area contributed by atoms with Gasteiger partial charge in [0, 0.05) is 0 Å². The summed E-state index contributed by atoms with van der Waals surface area (Å²) in [6.45, 7) is 17.7. The van der Waals surface area contributed by atoms with Crippen LogP contribution in [0.4, 0.5) is 0 Å². The first-order chi connectivity index (χ1) is 14.7. The average molecular weight is 447 g/mol. The predicted octanol–water partition coefficient (Wildman–Crippen LogP) is 6.11. The number of aliphatic hydroxyl groups is 3. The zero-order valence-corrected chi connectivity index (χ0v) is 21.7. The van der Waals surface area contributed by atoms with Gasteiger partial charge in [-0.25, -0.2) is 0 Å². The number of rotatable bonds is 5. The highest BCUT2D eigenvalue weighted by Crippen LogP contribution is 2.70. The van der Waals surface area contributed by atoms with Crippen molar-refractivity contribution in [2.45, 2.75) is 124 Å². The van der Waals surface area contributed by atoms with Gasteiger partial charge in [-0.3, -0.25) is 0 Å². The van der Waals surface area contributed by atoms with Crippen LogP contribution in [0.5, 0.6) is 0 Å². The van der Waals surface area contributed by atoms with Gasteiger partial charge < -0.3 is 15.3 Å². The third-order valence-electron chi connectivity index (χ3n) is 11.6. The molecule has 4 rings (SSSR count). The van der Waals surface area contributed by atoms with Gasteiger partial charge in [-0.2, -0.15) is 0 Å². The Balaban J connectivity index is 1.49. The van der Waals surface area contributed by atoms with Gasteiger partial charge in [0.15, 0.2) is 0 Å². The van der Waals surface area contributed by atoms with E-state index in [-0.39, 0.29) is 11.5 Å². The highest BCUT2D eigenvalue weighted by Gasteiger charge is 2.63. The Bertz CT molecular complexity index is 720. The van der Waals surface area contributed by atoms with Gasteiger partial charge in [0.2, 0.25) is 0 Å². The molecule has 4 aliphatic carbocycles. The summed E-state index contributed by atoms with van der Waals surface area (Å²) in [6.07, 6.45) is 10.5. The lowest BCUT2D eigenvalue weighted by molar-refractivity contribution is -0.183. The summed E-state index contributed by atoms with van der Waals surface area (Å²) in [4.78, 5) is 0. The van der Waals surface area contributed by atoms with Gasteiger partial charge in [-0.15, -0.1) is 0 Å². The van der Waals surface area contributed by atoms with Crippen molar-refractivity contribution in [1.82, 2.24) is 0 Å². The molecule has 0 amide bonds. The standard InChI is InChI=1S/C29H50O3/c1-18(8-13-25(31)27(4,5)32)19-14-16-28(6)20(19)9-10-22-21(28)11-12-23-26(2,3)24(30)15-17-29(22,23)7/h19-25,30-32H,1,8-17H2,2-7H3/t19-,20?,21-,22+,23?,24?,25?,28+,29-/m1/s1. The Morgan fingerprint density at radius 2 is 1.47 bits per heavy atom. The minimum absolute atomic E-state index is 0.0313. The van der Waals surface area contributed by atoms with E-state index in [1.165, 1.54) is 50.5 Å². The zero-order valence-electron chi connectivity index (χ0n) is 21.7. The van der Waals surface area contributed by atoms with Crippen LogP contribution in [0.2, 0.25) is 0 Å². The van der Waals surface area contributed by atoms with E-state index in [1.54, 1.807) is 13.8 Å². The molecule has 32 heavy (non-hydrogen) atoms.